The van der Waals surface area contributed by atoms with Gasteiger partial charge in [-0.15, -0.1) is 0 Å². The van der Waals surface area contributed by atoms with Crippen molar-refractivity contribution in [1.29, 1.82) is 0 Å². The number of H-pyrrole nitrogens is 1. The number of aromatic amines is 1. The summed E-state index contributed by atoms with van der Waals surface area (Å²) in [6.07, 6.45) is 3.38. The minimum Gasteiger partial charge on any atom is -0.337 e. The van der Waals surface area contributed by atoms with Crippen molar-refractivity contribution in [2.24, 2.45) is 0 Å². The Balaban J connectivity index is 2.39. The highest BCUT2D eigenvalue weighted by Gasteiger charge is 2.33. The standard InChI is InChI=1S/C11H16ClN3O3S/c1-3-8-10(19(12,17)18)9(14-13-8)11(16)15(2)7-5-4-6-7/h7H,3-6H2,1-2H3,(H,13,14). The molecule has 6 nitrogen and oxygen atoms in total. The van der Waals surface area contributed by atoms with Gasteiger partial charge in [0.05, 0.1) is 5.69 Å². The zero-order chi connectivity index (χ0) is 14.2. The van der Waals surface area contributed by atoms with Gasteiger partial charge in [0.1, 0.15) is 4.90 Å². The third-order valence-corrected chi connectivity index (χ3v) is 4.92. The Labute approximate surface area is 116 Å². The SMILES string of the molecule is CCc1[nH]nc(C(=O)N(C)C2CCC2)c1S(=O)(=O)Cl. The Morgan fingerprint density at radius 1 is 1.53 bits per heavy atom. The van der Waals surface area contributed by atoms with E-state index in [1.54, 1.807) is 18.9 Å². The van der Waals surface area contributed by atoms with Crippen LogP contribution in [0.3, 0.4) is 0 Å². The number of carbonyl (C=O) groups is 1. The number of aromatic nitrogens is 2. The predicted octanol–water partition coefficient (Wildman–Crippen LogP) is 1.52. The summed E-state index contributed by atoms with van der Waals surface area (Å²) in [6, 6.07) is 0.167. The fourth-order valence-corrected chi connectivity index (χ4v) is 3.47. The molecule has 1 heterocycles. The third-order valence-electron chi connectivity index (χ3n) is 3.53. The summed E-state index contributed by atoms with van der Waals surface area (Å²) in [5.41, 5.74) is 0.251. The average Bonchev–Trinajstić information content (AvgIpc) is 2.68. The average molecular weight is 306 g/mol. The highest BCUT2D eigenvalue weighted by Crippen LogP contribution is 2.28. The van der Waals surface area contributed by atoms with E-state index >= 15 is 0 Å². The lowest BCUT2D eigenvalue weighted by atomic mass is 9.92. The van der Waals surface area contributed by atoms with Gasteiger partial charge in [-0.1, -0.05) is 6.92 Å². The second-order valence-electron chi connectivity index (χ2n) is 4.67. The number of rotatable bonds is 4. The van der Waals surface area contributed by atoms with Crippen molar-refractivity contribution in [3.8, 4) is 0 Å². The number of halogens is 1. The molecule has 8 heteroatoms. The van der Waals surface area contributed by atoms with E-state index < -0.39 is 15.0 Å². The molecule has 1 aromatic heterocycles. The van der Waals surface area contributed by atoms with Crippen LogP contribution in [0.2, 0.25) is 0 Å². The smallest absolute Gasteiger partial charge is 0.275 e. The quantitative estimate of drug-likeness (QED) is 0.855. The van der Waals surface area contributed by atoms with E-state index in [1.807, 2.05) is 0 Å². The van der Waals surface area contributed by atoms with E-state index in [2.05, 4.69) is 10.2 Å². The second-order valence-corrected chi connectivity index (χ2v) is 7.17. The summed E-state index contributed by atoms with van der Waals surface area (Å²) in [5, 5.41) is 6.42. The van der Waals surface area contributed by atoms with Gasteiger partial charge in [-0.2, -0.15) is 5.10 Å². The molecule has 106 valence electrons. The van der Waals surface area contributed by atoms with Crippen LogP contribution in [0.4, 0.5) is 0 Å². The van der Waals surface area contributed by atoms with Gasteiger partial charge in [0, 0.05) is 23.8 Å². The monoisotopic (exact) mass is 305 g/mol. The maximum absolute atomic E-state index is 12.3. The van der Waals surface area contributed by atoms with Crippen LogP contribution < -0.4 is 0 Å². The number of aryl methyl sites for hydroxylation is 1. The Hall–Kier alpha value is -1.08. The van der Waals surface area contributed by atoms with Gasteiger partial charge in [-0.25, -0.2) is 8.42 Å². The van der Waals surface area contributed by atoms with E-state index in [1.165, 1.54) is 0 Å². The fourth-order valence-electron chi connectivity index (χ4n) is 2.12. The molecule has 0 radical (unpaired) electrons. The van der Waals surface area contributed by atoms with Crippen molar-refractivity contribution in [3.63, 3.8) is 0 Å². The Morgan fingerprint density at radius 3 is 2.58 bits per heavy atom. The normalized spacial score (nSPS) is 16.2. The van der Waals surface area contributed by atoms with Gasteiger partial charge in [0.2, 0.25) is 0 Å². The van der Waals surface area contributed by atoms with Crippen molar-refractivity contribution < 1.29 is 13.2 Å². The summed E-state index contributed by atoms with van der Waals surface area (Å²) in [6.45, 7) is 1.77. The fraction of sp³-hybridized carbons (Fsp3) is 0.636. The number of amides is 1. The van der Waals surface area contributed by atoms with Crippen LogP contribution in [0.15, 0.2) is 4.90 Å². The van der Waals surface area contributed by atoms with Gasteiger partial charge in [-0.05, 0) is 25.7 Å². The van der Waals surface area contributed by atoms with Gasteiger partial charge >= 0.3 is 0 Å². The Morgan fingerprint density at radius 2 is 2.16 bits per heavy atom. The summed E-state index contributed by atoms with van der Waals surface area (Å²) >= 11 is 0. The molecule has 0 atom stereocenters. The van der Waals surface area contributed by atoms with Crippen LogP contribution in [-0.4, -0.2) is 42.5 Å². The van der Waals surface area contributed by atoms with Crippen LogP contribution in [0.25, 0.3) is 0 Å². The van der Waals surface area contributed by atoms with Crippen LogP contribution >= 0.6 is 10.7 Å². The molecule has 0 bridgehead atoms. The second kappa shape index (κ2) is 5.13. The molecule has 2 rings (SSSR count). The molecule has 0 saturated heterocycles. The molecule has 1 fully saturated rings. The number of carbonyl (C=O) groups excluding carboxylic acids is 1. The van der Waals surface area contributed by atoms with Crippen molar-refractivity contribution in [3.05, 3.63) is 11.4 Å². The lowest BCUT2D eigenvalue weighted by Gasteiger charge is -2.34. The maximum Gasteiger partial charge on any atom is 0.275 e. The summed E-state index contributed by atoms with van der Waals surface area (Å²) in [7, 11) is 3.08. The van der Waals surface area contributed by atoms with Crippen LogP contribution in [0.5, 0.6) is 0 Å². The largest absolute Gasteiger partial charge is 0.337 e. The lowest BCUT2D eigenvalue weighted by molar-refractivity contribution is 0.0642. The molecule has 1 aliphatic rings. The molecule has 1 aromatic rings. The first-order valence-corrected chi connectivity index (χ1v) is 8.46. The first-order valence-electron chi connectivity index (χ1n) is 6.15. The van der Waals surface area contributed by atoms with Gasteiger partial charge < -0.3 is 4.90 Å². The van der Waals surface area contributed by atoms with E-state index in [0.717, 1.165) is 19.3 Å². The molecule has 1 N–H and O–H groups in total. The van der Waals surface area contributed by atoms with Crippen LogP contribution in [-0.2, 0) is 15.5 Å². The Kier molecular flexibility index (Phi) is 3.87. The molecular formula is C11H16ClN3O3S. The lowest BCUT2D eigenvalue weighted by Crippen LogP contribution is -2.41. The van der Waals surface area contributed by atoms with Gasteiger partial charge in [-0.3, -0.25) is 9.89 Å². The number of nitrogens with zero attached hydrogens (tertiary/aromatic N) is 2. The first-order chi connectivity index (χ1) is 8.86. The van der Waals surface area contributed by atoms with Crippen LogP contribution in [0.1, 0.15) is 42.4 Å². The number of nitrogens with one attached hydrogen (secondary N) is 1. The minimum absolute atomic E-state index is 0.110. The number of hydrogen-bond acceptors (Lipinski definition) is 4. The molecule has 1 aliphatic carbocycles. The van der Waals surface area contributed by atoms with Crippen molar-refractivity contribution in [2.45, 2.75) is 43.5 Å². The predicted molar refractivity (Wildman–Crippen MR) is 70.7 cm³/mol. The van der Waals surface area contributed by atoms with E-state index in [-0.39, 0.29) is 16.6 Å². The van der Waals surface area contributed by atoms with Crippen LogP contribution in [0, 0.1) is 0 Å². The highest BCUT2D eigenvalue weighted by molar-refractivity contribution is 8.13. The highest BCUT2D eigenvalue weighted by atomic mass is 35.7. The first kappa shape index (κ1) is 14.3. The minimum atomic E-state index is -3.99. The topological polar surface area (TPSA) is 83.1 Å². The van der Waals surface area contributed by atoms with Crippen molar-refractivity contribution >= 4 is 25.6 Å². The van der Waals surface area contributed by atoms with Gasteiger partial charge in [0.15, 0.2) is 5.69 Å². The van der Waals surface area contributed by atoms with Gasteiger partial charge in [0.25, 0.3) is 15.0 Å². The Bertz CT molecular complexity index is 592. The maximum atomic E-state index is 12.3. The summed E-state index contributed by atoms with van der Waals surface area (Å²) < 4.78 is 23.2. The molecule has 0 aliphatic heterocycles. The van der Waals surface area contributed by atoms with E-state index in [0.29, 0.717) is 12.1 Å². The number of hydrogen-bond donors (Lipinski definition) is 1. The molecule has 0 spiro atoms. The zero-order valence-electron chi connectivity index (χ0n) is 10.8. The molecule has 1 amide bonds. The molecular weight excluding hydrogens is 290 g/mol. The summed E-state index contributed by atoms with van der Waals surface area (Å²) in [4.78, 5) is 13.7. The molecule has 0 unspecified atom stereocenters. The molecule has 19 heavy (non-hydrogen) atoms. The molecule has 0 aromatic carbocycles. The molecule has 1 saturated carbocycles. The van der Waals surface area contributed by atoms with E-state index in [9.17, 15) is 13.2 Å². The zero-order valence-corrected chi connectivity index (χ0v) is 12.4. The van der Waals surface area contributed by atoms with Crippen molar-refractivity contribution in [2.75, 3.05) is 7.05 Å². The third kappa shape index (κ3) is 2.62. The summed E-state index contributed by atoms with van der Waals surface area (Å²) in [5.74, 6) is -0.403. The van der Waals surface area contributed by atoms with E-state index in [4.69, 9.17) is 10.7 Å². The van der Waals surface area contributed by atoms with Crippen molar-refractivity contribution in [1.82, 2.24) is 15.1 Å².